The van der Waals surface area contributed by atoms with Crippen LogP contribution in [-0.2, 0) is 13.1 Å². The normalized spacial score (nSPS) is 11.5. The van der Waals surface area contributed by atoms with Gasteiger partial charge in [0.15, 0.2) is 5.96 Å². The number of carbonyl (C=O) groups is 1. The van der Waals surface area contributed by atoms with Gasteiger partial charge in [-0.3, -0.25) is 9.79 Å². The highest BCUT2D eigenvalue weighted by Gasteiger charge is 2.12. The van der Waals surface area contributed by atoms with Crippen LogP contribution in [0.2, 0.25) is 0 Å². The minimum atomic E-state index is -0.129. The van der Waals surface area contributed by atoms with Gasteiger partial charge in [0.25, 0.3) is 5.91 Å². The van der Waals surface area contributed by atoms with E-state index in [0.29, 0.717) is 18.7 Å². The number of rotatable bonds is 5. The Bertz CT molecular complexity index is 721. The summed E-state index contributed by atoms with van der Waals surface area (Å²) in [6.07, 6.45) is 1.59. The van der Waals surface area contributed by atoms with E-state index in [4.69, 9.17) is 4.42 Å². The smallest absolute Gasteiger partial charge is 0.251 e. The maximum Gasteiger partial charge on any atom is 0.251 e. The molecular weight excluding hydrogens is 443 g/mol. The Labute approximate surface area is 171 Å². The fourth-order valence-electron chi connectivity index (χ4n) is 2.23. The van der Waals surface area contributed by atoms with Crippen LogP contribution in [0.1, 0.15) is 42.5 Å². The molecule has 0 saturated carbocycles. The summed E-state index contributed by atoms with van der Waals surface area (Å²) in [6.45, 7) is 7.17. The maximum absolute atomic E-state index is 12.3. The van der Waals surface area contributed by atoms with Gasteiger partial charge in [-0.15, -0.1) is 24.0 Å². The summed E-state index contributed by atoms with van der Waals surface area (Å²) in [6, 6.07) is 11.1. The third kappa shape index (κ3) is 7.47. The van der Waals surface area contributed by atoms with Crippen molar-refractivity contribution >= 4 is 35.8 Å². The summed E-state index contributed by atoms with van der Waals surface area (Å²) < 4.78 is 5.22. The number of hydrogen-bond donors (Lipinski definition) is 3. The molecule has 1 heterocycles. The molecule has 2 aromatic rings. The molecule has 2 rings (SSSR count). The van der Waals surface area contributed by atoms with Gasteiger partial charge in [-0.1, -0.05) is 12.1 Å². The van der Waals surface area contributed by atoms with Crippen LogP contribution in [0.5, 0.6) is 0 Å². The van der Waals surface area contributed by atoms with Crippen LogP contribution in [0.25, 0.3) is 0 Å². The summed E-state index contributed by atoms with van der Waals surface area (Å²) in [7, 11) is 1.74. The van der Waals surface area contributed by atoms with E-state index in [1.54, 1.807) is 25.4 Å². The van der Waals surface area contributed by atoms with E-state index in [1.807, 2.05) is 24.3 Å². The van der Waals surface area contributed by atoms with Gasteiger partial charge in [0.2, 0.25) is 0 Å². The Morgan fingerprint density at radius 3 is 2.50 bits per heavy atom. The molecule has 0 bridgehead atoms. The Morgan fingerprint density at radius 2 is 1.88 bits per heavy atom. The lowest BCUT2D eigenvalue weighted by molar-refractivity contribution is 0.0948. The molecule has 0 aliphatic carbocycles. The summed E-state index contributed by atoms with van der Waals surface area (Å²) in [5, 5.41) is 9.40. The zero-order valence-corrected chi connectivity index (χ0v) is 18.0. The van der Waals surface area contributed by atoms with Crippen molar-refractivity contribution in [1.82, 2.24) is 16.0 Å². The van der Waals surface area contributed by atoms with Crippen LogP contribution in [0.3, 0.4) is 0 Å². The first kappa shape index (κ1) is 22.0. The maximum atomic E-state index is 12.3. The highest BCUT2D eigenvalue weighted by atomic mass is 127. The summed E-state index contributed by atoms with van der Waals surface area (Å²) in [4.78, 5) is 16.5. The molecule has 26 heavy (non-hydrogen) atoms. The average molecular weight is 470 g/mol. The number of nitrogens with zero attached hydrogens (tertiary/aromatic N) is 1. The summed E-state index contributed by atoms with van der Waals surface area (Å²) in [5.74, 6) is 1.32. The van der Waals surface area contributed by atoms with Crippen molar-refractivity contribution in [2.24, 2.45) is 4.99 Å². The molecule has 0 spiro atoms. The molecule has 1 aromatic carbocycles. The second-order valence-corrected chi connectivity index (χ2v) is 6.76. The number of hydrogen-bond acceptors (Lipinski definition) is 3. The van der Waals surface area contributed by atoms with E-state index in [0.717, 1.165) is 17.3 Å². The number of guanidine groups is 1. The number of halogens is 1. The van der Waals surface area contributed by atoms with Gasteiger partial charge in [-0.05, 0) is 50.6 Å². The third-order valence-corrected chi connectivity index (χ3v) is 3.37. The fourth-order valence-corrected chi connectivity index (χ4v) is 2.23. The minimum Gasteiger partial charge on any atom is -0.467 e. The molecule has 0 unspecified atom stereocenters. The van der Waals surface area contributed by atoms with Gasteiger partial charge in [0.05, 0.1) is 12.8 Å². The lowest BCUT2D eigenvalue weighted by Gasteiger charge is -2.23. The minimum absolute atomic E-state index is 0. The van der Waals surface area contributed by atoms with E-state index >= 15 is 0 Å². The van der Waals surface area contributed by atoms with Crippen molar-refractivity contribution in [2.45, 2.75) is 39.4 Å². The van der Waals surface area contributed by atoms with Gasteiger partial charge in [0.1, 0.15) is 5.76 Å². The second kappa shape index (κ2) is 10.2. The molecule has 142 valence electrons. The van der Waals surface area contributed by atoms with Gasteiger partial charge in [-0.2, -0.15) is 0 Å². The lowest BCUT2D eigenvalue weighted by Crippen LogP contribution is -2.47. The molecule has 0 radical (unpaired) electrons. The highest BCUT2D eigenvalue weighted by Crippen LogP contribution is 2.07. The highest BCUT2D eigenvalue weighted by molar-refractivity contribution is 14.0. The number of aliphatic imine (C=N–C) groups is 1. The van der Waals surface area contributed by atoms with Gasteiger partial charge in [0, 0.05) is 24.7 Å². The zero-order chi connectivity index (χ0) is 18.3. The lowest BCUT2D eigenvalue weighted by atomic mass is 10.1. The van der Waals surface area contributed by atoms with Crippen molar-refractivity contribution in [3.63, 3.8) is 0 Å². The van der Waals surface area contributed by atoms with Crippen molar-refractivity contribution in [3.8, 4) is 0 Å². The quantitative estimate of drug-likeness (QED) is 0.356. The van der Waals surface area contributed by atoms with Crippen LogP contribution in [0.15, 0.2) is 52.1 Å². The molecule has 0 fully saturated rings. The molecule has 0 aliphatic rings. The first-order valence-electron chi connectivity index (χ1n) is 8.26. The standard InChI is InChI=1S/C19H26N4O2.HI/c1-19(2,3)23-18(20-4)22-12-14-7-5-8-15(11-14)17(24)21-13-16-9-6-10-25-16;/h5-11H,12-13H2,1-4H3,(H,21,24)(H2,20,22,23);1H. The topological polar surface area (TPSA) is 78.7 Å². The number of benzene rings is 1. The van der Waals surface area contributed by atoms with Gasteiger partial charge < -0.3 is 20.4 Å². The molecular formula is C19H27IN4O2. The van der Waals surface area contributed by atoms with E-state index < -0.39 is 0 Å². The van der Waals surface area contributed by atoms with E-state index in [9.17, 15) is 4.79 Å². The Kier molecular flexibility index (Phi) is 8.64. The van der Waals surface area contributed by atoms with Gasteiger partial charge >= 0.3 is 0 Å². The Morgan fingerprint density at radius 1 is 1.12 bits per heavy atom. The predicted molar refractivity (Wildman–Crippen MR) is 115 cm³/mol. The van der Waals surface area contributed by atoms with Gasteiger partial charge in [-0.25, -0.2) is 0 Å². The summed E-state index contributed by atoms with van der Waals surface area (Å²) >= 11 is 0. The van der Waals surface area contributed by atoms with Crippen molar-refractivity contribution in [1.29, 1.82) is 0 Å². The predicted octanol–water partition coefficient (Wildman–Crippen LogP) is 3.29. The molecule has 0 aliphatic heterocycles. The van der Waals surface area contributed by atoms with E-state index in [2.05, 4.69) is 41.7 Å². The monoisotopic (exact) mass is 470 g/mol. The zero-order valence-electron chi connectivity index (χ0n) is 15.6. The molecule has 1 amide bonds. The van der Waals surface area contributed by atoms with Crippen LogP contribution in [0.4, 0.5) is 0 Å². The number of nitrogens with one attached hydrogen (secondary N) is 3. The molecule has 0 atom stereocenters. The molecule has 0 saturated heterocycles. The summed E-state index contributed by atoms with van der Waals surface area (Å²) in [5.41, 5.74) is 1.54. The second-order valence-electron chi connectivity index (χ2n) is 6.76. The van der Waals surface area contributed by atoms with Crippen molar-refractivity contribution in [3.05, 3.63) is 59.5 Å². The first-order chi connectivity index (χ1) is 11.9. The van der Waals surface area contributed by atoms with E-state index in [-0.39, 0.29) is 35.4 Å². The molecule has 6 nitrogen and oxygen atoms in total. The largest absolute Gasteiger partial charge is 0.467 e. The van der Waals surface area contributed by atoms with Crippen molar-refractivity contribution < 1.29 is 9.21 Å². The van der Waals surface area contributed by atoms with Crippen LogP contribution >= 0.6 is 24.0 Å². The number of carbonyl (C=O) groups excluding carboxylic acids is 1. The molecule has 3 N–H and O–H groups in total. The fraction of sp³-hybridized carbons (Fsp3) is 0.368. The van der Waals surface area contributed by atoms with Crippen LogP contribution < -0.4 is 16.0 Å². The average Bonchev–Trinajstić information content (AvgIpc) is 3.09. The molecule has 1 aromatic heterocycles. The van der Waals surface area contributed by atoms with Crippen LogP contribution in [-0.4, -0.2) is 24.5 Å². The van der Waals surface area contributed by atoms with E-state index in [1.165, 1.54) is 0 Å². The SMILES string of the molecule is CN=C(NCc1cccc(C(=O)NCc2ccco2)c1)NC(C)(C)C.I. The van der Waals surface area contributed by atoms with Crippen molar-refractivity contribution in [2.75, 3.05) is 7.05 Å². The first-order valence-corrected chi connectivity index (χ1v) is 8.26. The molecule has 7 heteroatoms. The number of amides is 1. The van der Waals surface area contributed by atoms with Crippen LogP contribution in [0, 0.1) is 0 Å². The third-order valence-electron chi connectivity index (χ3n) is 3.37. The Balaban J connectivity index is 0.00000338. The number of furan rings is 1. The Hall–Kier alpha value is -2.03.